The highest BCUT2D eigenvalue weighted by Gasteiger charge is 2.32. The Morgan fingerprint density at radius 1 is 0.548 bits per heavy atom. The van der Waals surface area contributed by atoms with Crippen molar-refractivity contribution >= 4 is 22.7 Å². The lowest BCUT2D eigenvalue weighted by atomic mass is 10.1. The third-order valence-electron chi connectivity index (χ3n) is 7.09. The van der Waals surface area contributed by atoms with Gasteiger partial charge in [-0.25, -0.2) is 0 Å². The molecule has 2 nitrogen and oxygen atoms in total. The Labute approximate surface area is 255 Å². The first-order valence-corrected chi connectivity index (χ1v) is 15.9. The Balaban J connectivity index is 1.33. The van der Waals surface area contributed by atoms with Crippen LogP contribution < -0.4 is 4.74 Å². The van der Waals surface area contributed by atoms with E-state index in [2.05, 4.69) is 127 Å². The Kier molecular flexibility index (Phi) is 8.76. The molecule has 0 fully saturated rings. The average molecular weight is 584 g/mol. The maximum Gasteiger partial charge on any atom is 0.172 e. The van der Waals surface area contributed by atoms with Crippen molar-refractivity contribution < 1.29 is 9.84 Å². The van der Waals surface area contributed by atoms with Crippen molar-refractivity contribution in [1.82, 2.24) is 0 Å². The van der Waals surface area contributed by atoms with Crippen LogP contribution in [0.15, 0.2) is 176 Å². The van der Waals surface area contributed by atoms with Gasteiger partial charge < -0.3 is 9.84 Å². The van der Waals surface area contributed by atoms with Crippen LogP contribution in [0.2, 0.25) is 0 Å². The molecule has 0 radical (unpaired) electrons. The Bertz CT molecular complexity index is 1750. The fourth-order valence-electron chi connectivity index (χ4n) is 4.96. The van der Waals surface area contributed by atoms with E-state index in [4.69, 9.17) is 4.74 Å². The van der Waals surface area contributed by atoms with Crippen LogP contribution in [-0.2, 0) is 17.5 Å². The summed E-state index contributed by atoms with van der Waals surface area (Å²) in [5, 5.41) is 10.6. The minimum absolute atomic E-state index is 0.0355. The molecule has 0 bridgehead atoms. The molecule has 1 atom stereocenters. The van der Waals surface area contributed by atoms with E-state index >= 15 is 0 Å². The number of hydrogen-bond donors (Lipinski definition) is 1. The molecule has 0 saturated heterocycles. The molecule has 42 heavy (non-hydrogen) atoms. The third kappa shape index (κ3) is 6.32. The Hall–Kier alpha value is -4.22. The van der Waals surface area contributed by atoms with Gasteiger partial charge in [0.2, 0.25) is 0 Å². The van der Waals surface area contributed by atoms with Crippen LogP contribution in [0, 0.1) is 0 Å². The third-order valence-corrected chi connectivity index (χ3v) is 10.4. The van der Waals surface area contributed by atoms with Crippen molar-refractivity contribution in [3.63, 3.8) is 0 Å². The first-order valence-electron chi connectivity index (χ1n) is 13.8. The number of rotatable bonds is 9. The summed E-state index contributed by atoms with van der Waals surface area (Å²) in [6.07, 6.45) is 0. The van der Waals surface area contributed by atoms with Crippen molar-refractivity contribution in [2.45, 2.75) is 31.1 Å². The zero-order valence-corrected chi connectivity index (χ0v) is 24.9. The molecular weight excluding hydrogens is 553 g/mol. The van der Waals surface area contributed by atoms with Crippen molar-refractivity contribution in [2.24, 2.45) is 0 Å². The molecule has 206 valence electrons. The molecular formula is C38H31O2S2+. The SMILES string of the molecule is COc1cccc([S+](c2ccc(-c3ccccc3)cc2)c2ccc(Sc3ccc(-c4ccccc4)cc3)cc2CO)c1. The van der Waals surface area contributed by atoms with Crippen molar-refractivity contribution in [2.75, 3.05) is 7.11 Å². The molecule has 6 aromatic carbocycles. The van der Waals surface area contributed by atoms with E-state index in [1.807, 2.05) is 24.3 Å². The smallest absolute Gasteiger partial charge is 0.172 e. The first-order chi connectivity index (χ1) is 20.7. The molecule has 0 aliphatic carbocycles. The minimum Gasteiger partial charge on any atom is -0.497 e. The van der Waals surface area contributed by atoms with E-state index < -0.39 is 10.9 Å². The van der Waals surface area contributed by atoms with Crippen molar-refractivity contribution in [3.05, 3.63) is 157 Å². The van der Waals surface area contributed by atoms with Gasteiger partial charge in [0.25, 0.3) is 0 Å². The van der Waals surface area contributed by atoms with Gasteiger partial charge in [-0.3, -0.25) is 0 Å². The number of hydrogen-bond acceptors (Lipinski definition) is 3. The van der Waals surface area contributed by atoms with Crippen LogP contribution in [-0.4, -0.2) is 12.2 Å². The maximum absolute atomic E-state index is 10.6. The summed E-state index contributed by atoms with van der Waals surface area (Å²) in [6.45, 7) is -0.0355. The van der Waals surface area contributed by atoms with E-state index in [9.17, 15) is 5.11 Å². The molecule has 0 aliphatic rings. The van der Waals surface area contributed by atoms with Gasteiger partial charge in [0, 0.05) is 21.4 Å². The summed E-state index contributed by atoms with van der Waals surface area (Å²) < 4.78 is 5.58. The lowest BCUT2D eigenvalue weighted by Gasteiger charge is -2.14. The van der Waals surface area contributed by atoms with Crippen LogP contribution in [0.4, 0.5) is 0 Å². The van der Waals surface area contributed by atoms with Crippen LogP contribution in [0.25, 0.3) is 22.3 Å². The second-order valence-corrected chi connectivity index (χ2v) is 12.9. The summed E-state index contributed by atoms with van der Waals surface area (Å²) in [7, 11) is 1.27. The van der Waals surface area contributed by atoms with Crippen molar-refractivity contribution in [3.8, 4) is 28.0 Å². The Morgan fingerprint density at radius 2 is 1.12 bits per heavy atom. The maximum atomic E-state index is 10.6. The molecule has 0 aliphatic heterocycles. The zero-order valence-electron chi connectivity index (χ0n) is 23.3. The molecule has 6 aromatic rings. The highest BCUT2D eigenvalue weighted by Crippen LogP contribution is 2.38. The van der Waals surface area contributed by atoms with Gasteiger partial charge in [0.15, 0.2) is 14.7 Å². The second kappa shape index (κ2) is 13.2. The van der Waals surface area contributed by atoms with Gasteiger partial charge in [-0.05, 0) is 89.0 Å². The second-order valence-electron chi connectivity index (χ2n) is 9.80. The van der Waals surface area contributed by atoms with Crippen LogP contribution in [0.3, 0.4) is 0 Å². The van der Waals surface area contributed by atoms with E-state index in [0.717, 1.165) is 30.9 Å². The van der Waals surface area contributed by atoms with E-state index in [0.29, 0.717) is 0 Å². The normalized spacial score (nSPS) is 11.7. The summed E-state index contributed by atoms with van der Waals surface area (Å²) in [4.78, 5) is 5.71. The van der Waals surface area contributed by atoms with E-state index in [1.54, 1.807) is 18.9 Å². The summed E-state index contributed by atoms with van der Waals surface area (Å²) in [5.41, 5.74) is 5.72. The first kappa shape index (κ1) is 27.9. The number of ether oxygens (including phenoxy) is 1. The predicted octanol–water partition coefficient (Wildman–Crippen LogP) is 9.77. The highest BCUT2D eigenvalue weighted by molar-refractivity contribution is 7.99. The highest BCUT2D eigenvalue weighted by atomic mass is 32.2. The predicted molar refractivity (Wildman–Crippen MR) is 175 cm³/mol. The summed E-state index contributed by atoms with van der Waals surface area (Å²) >= 11 is 1.71. The molecule has 0 heterocycles. The average Bonchev–Trinajstić information content (AvgIpc) is 3.07. The monoisotopic (exact) mass is 583 g/mol. The van der Waals surface area contributed by atoms with E-state index in [1.165, 1.54) is 27.1 Å². The molecule has 4 heteroatoms. The molecule has 1 N–H and O–H groups in total. The molecule has 1 unspecified atom stereocenters. The number of aliphatic hydroxyl groups excluding tert-OH is 1. The quantitative estimate of drug-likeness (QED) is 0.172. The van der Waals surface area contributed by atoms with Gasteiger partial charge in [-0.2, -0.15) is 0 Å². The van der Waals surface area contributed by atoms with E-state index in [-0.39, 0.29) is 6.61 Å². The molecule has 0 aromatic heterocycles. The lowest BCUT2D eigenvalue weighted by Crippen LogP contribution is -2.08. The number of aliphatic hydroxyl groups is 1. The molecule has 0 spiro atoms. The van der Waals surface area contributed by atoms with Gasteiger partial charge in [0.1, 0.15) is 5.75 Å². The fraction of sp³-hybridized carbons (Fsp3) is 0.0526. The zero-order chi connectivity index (χ0) is 28.7. The van der Waals surface area contributed by atoms with Gasteiger partial charge >= 0.3 is 0 Å². The molecule has 0 amide bonds. The van der Waals surface area contributed by atoms with Gasteiger partial charge in [0.05, 0.1) is 24.6 Å². The topological polar surface area (TPSA) is 29.5 Å². The van der Waals surface area contributed by atoms with Crippen molar-refractivity contribution in [1.29, 1.82) is 0 Å². The fourth-order valence-corrected chi connectivity index (χ4v) is 8.06. The van der Waals surface area contributed by atoms with Crippen LogP contribution in [0.5, 0.6) is 5.75 Å². The summed E-state index contributed by atoms with van der Waals surface area (Å²) in [5.74, 6) is 0.822. The Morgan fingerprint density at radius 3 is 1.71 bits per heavy atom. The number of benzene rings is 6. The minimum atomic E-state index is -0.431. The van der Waals surface area contributed by atoms with Gasteiger partial charge in [-0.15, -0.1) is 0 Å². The number of methoxy groups -OCH3 is 1. The summed E-state index contributed by atoms with van der Waals surface area (Å²) in [6, 6.07) is 53.0. The molecule has 6 rings (SSSR count). The van der Waals surface area contributed by atoms with Crippen LogP contribution in [0.1, 0.15) is 5.56 Å². The lowest BCUT2D eigenvalue weighted by molar-refractivity contribution is 0.278. The largest absolute Gasteiger partial charge is 0.497 e. The van der Waals surface area contributed by atoms with Gasteiger partial charge in [-0.1, -0.05) is 90.6 Å². The van der Waals surface area contributed by atoms with Crippen LogP contribution >= 0.6 is 11.8 Å². The standard InChI is InChI=1S/C38H31O2S2/c1-40-33-13-8-14-37(26-33)42(36-22-17-31(18-23-36)29-11-6-3-7-12-29)38-24-21-35(25-32(38)27-39)41-34-19-15-30(16-20-34)28-9-4-2-5-10-28/h2-26,39H,27H2,1H3/q+1. The molecule has 0 saturated carbocycles.